The van der Waals surface area contributed by atoms with Gasteiger partial charge in [-0.1, -0.05) is 18.9 Å². The van der Waals surface area contributed by atoms with Crippen molar-refractivity contribution in [3.8, 4) is 11.5 Å². The molecule has 8 heteroatoms. The zero-order chi connectivity index (χ0) is 21.8. The van der Waals surface area contributed by atoms with Gasteiger partial charge in [0.15, 0.2) is 11.5 Å². The molecular formula is C23H28N2O5S. The number of anilines is 1. The Morgan fingerprint density at radius 2 is 1.61 bits per heavy atom. The predicted octanol–water partition coefficient (Wildman–Crippen LogP) is 3.97. The summed E-state index contributed by atoms with van der Waals surface area (Å²) in [6, 6.07) is 10.0. The highest BCUT2D eigenvalue weighted by Gasteiger charge is 2.27. The summed E-state index contributed by atoms with van der Waals surface area (Å²) >= 11 is 0. The van der Waals surface area contributed by atoms with Crippen LogP contribution in [0.1, 0.15) is 48.0 Å². The molecule has 7 nitrogen and oxygen atoms in total. The van der Waals surface area contributed by atoms with Crippen LogP contribution in [0.15, 0.2) is 41.3 Å². The van der Waals surface area contributed by atoms with Crippen molar-refractivity contribution in [3.05, 3.63) is 47.5 Å². The van der Waals surface area contributed by atoms with Crippen molar-refractivity contribution in [2.75, 3.05) is 31.6 Å². The second-order valence-electron chi connectivity index (χ2n) is 7.96. The Kier molecular flexibility index (Phi) is 6.48. The lowest BCUT2D eigenvalue weighted by molar-refractivity contribution is 0.102. The molecule has 0 spiro atoms. The van der Waals surface area contributed by atoms with Crippen LogP contribution in [0.3, 0.4) is 0 Å². The summed E-state index contributed by atoms with van der Waals surface area (Å²) in [5.41, 5.74) is 1.52. The second-order valence-corrected chi connectivity index (χ2v) is 9.87. The van der Waals surface area contributed by atoms with Crippen LogP contribution in [0, 0.1) is 6.92 Å². The van der Waals surface area contributed by atoms with E-state index in [1.165, 1.54) is 0 Å². The van der Waals surface area contributed by atoms with E-state index in [9.17, 15) is 13.2 Å². The van der Waals surface area contributed by atoms with Gasteiger partial charge in [-0.3, -0.25) is 4.79 Å². The number of amides is 1. The largest absolute Gasteiger partial charge is 0.490 e. The minimum Gasteiger partial charge on any atom is -0.490 e. The third-order valence-electron chi connectivity index (χ3n) is 5.64. The molecule has 2 aromatic rings. The zero-order valence-electron chi connectivity index (χ0n) is 17.7. The smallest absolute Gasteiger partial charge is 0.255 e. The molecule has 0 atom stereocenters. The van der Waals surface area contributed by atoms with Crippen LogP contribution in [0.2, 0.25) is 0 Å². The summed E-state index contributed by atoms with van der Waals surface area (Å²) in [7, 11) is -3.61. The quantitative estimate of drug-likeness (QED) is 0.771. The lowest BCUT2D eigenvalue weighted by Gasteiger charge is -2.21. The number of nitrogens with one attached hydrogen (secondary N) is 1. The number of nitrogens with zero attached hydrogens (tertiary/aromatic N) is 1. The van der Waals surface area contributed by atoms with Crippen molar-refractivity contribution in [1.82, 2.24) is 4.31 Å². The fourth-order valence-electron chi connectivity index (χ4n) is 3.88. The molecule has 0 bridgehead atoms. The van der Waals surface area contributed by atoms with Crippen LogP contribution in [0.5, 0.6) is 11.5 Å². The van der Waals surface area contributed by atoms with Gasteiger partial charge in [-0.2, -0.15) is 4.31 Å². The molecule has 0 radical (unpaired) electrons. The lowest BCUT2D eigenvalue weighted by Crippen LogP contribution is -2.32. The molecule has 1 saturated heterocycles. The summed E-state index contributed by atoms with van der Waals surface area (Å²) in [4.78, 5) is 13.1. The van der Waals surface area contributed by atoms with Gasteiger partial charge in [0.1, 0.15) is 0 Å². The number of carbonyl (C=O) groups excluding carboxylic acids is 1. The van der Waals surface area contributed by atoms with Crippen LogP contribution in [0.25, 0.3) is 0 Å². The van der Waals surface area contributed by atoms with Crippen molar-refractivity contribution in [2.45, 2.75) is 43.9 Å². The molecule has 166 valence electrons. The number of carbonyl (C=O) groups is 1. The molecule has 2 heterocycles. The topological polar surface area (TPSA) is 84.9 Å². The first-order chi connectivity index (χ1) is 14.9. The van der Waals surface area contributed by atoms with Crippen LogP contribution in [0.4, 0.5) is 5.69 Å². The molecule has 2 aliphatic rings. The standard InChI is InChI=1S/C23H28N2O5S/c1-17-7-9-19(16-22(17)31(27,28)25-11-4-2-3-5-12-25)24-23(26)18-8-10-20-21(15-18)30-14-6-13-29-20/h7-10,15-16H,2-6,11-14H2,1H3,(H,24,26). The predicted molar refractivity (Wildman–Crippen MR) is 118 cm³/mol. The second kappa shape index (κ2) is 9.28. The van der Waals surface area contributed by atoms with Gasteiger partial charge in [0.05, 0.1) is 18.1 Å². The van der Waals surface area contributed by atoms with E-state index < -0.39 is 10.0 Å². The van der Waals surface area contributed by atoms with E-state index in [-0.39, 0.29) is 10.8 Å². The van der Waals surface area contributed by atoms with Gasteiger partial charge >= 0.3 is 0 Å². The summed E-state index contributed by atoms with van der Waals surface area (Å²) in [6.07, 6.45) is 4.64. The SMILES string of the molecule is Cc1ccc(NC(=O)c2ccc3c(c2)OCCCO3)cc1S(=O)(=O)N1CCCCCC1. The first kappa shape index (κ1) is 21.6. The Balaban J connectivity index is 1.56. The Morgan fingerprint density at radius 1 is 0.903 bits per heavy atom. The van der Waals surface area contributed by atoms with Gasteiger partial charge in [0.25, 0.3) is 5.91 Å². The molecule has 1 fully saturated rings. The maximum absolute atomic E-state index is 13.2. The third-order valence-corrected chi connectivity index (χ3v) is 7.68. The first-order valence-electron chi connectivity index (χ1n) is 10.8. The third kappa shape index (κ3) is 4.85. The number of fused-ring (bicyclic) bond motifs is 1. The van der Waals surface area contributed by atoms with Crippen LogP contribution < -0.4 is 14.8 Å². The Hall–Kier alpha value is -2.58. The molecule has 1 amide bonds. The summed E-state index contributed by atoms with van der Waals surface area (Å²) in [5, 5.41) is 2.82. The molecular weight excluding hydrogens is 416 g/mol. The molecule has 0 aliphatic carbocycles. The number of rotatable bonds is 4. The molecule has 0 aromatic heterocycles. The number of hydrogen-bond acceptors (Lipinski definition) is 5. The van der Waals surface area contributed by atoms with E-state index in [0.717, 1.165) is 32.1 Å². The fraction of sp³-hybridized carbons (Fsp3) is 0.435. The lowest BCUT2D eigenvalue weighted by atomic mass is 10.1. The number of aryl methyl sites for hydroxylation is 1. The summed E-state index contributed by atoms with van der Waals surface area (Å²) in [6.45, 7) is 3.97. The Labute approximate surface area is 183 Å². The minimum absolute atomic E-state index is 0.242. The number of sulfonamides is 1. The Bertz CT molecular complexity index is 1060. The van der Waals surface area contributed by atoms with E-state index in [2.05, 4.69) is 5.32 Å². The average Bonchev–Trinajstić information content (AvgIpc) is 3.17. The number of ether oxygens (including phenoxy) is 2. The van der Waals surface area contributed by atoms with Crippen molar-refractivity contribution in [1.29, 1.82) is 0 Å². The molecule has 31 heavy (non-hydrogen) atoms. The van der Waals surface area contributed by atoms with Gasteiger partial charge in [-0.25, -0.2) is 8.42 Å². The molecule has 0 unspecified atom stereocenters. The van der Waals surface area contributed by atoms with Gasteiger partial charge in [-0.05, 0) is 55.7 Å². The summed E-state index contributed by atoms with van der Waals surface area (Å²) in [5.74, 6) is 0.825. The number of benzene rings is 2. The maximum Gasteiger partial charge on any atom is 0.255 e. The van der Waals surface area contributed by atoms with Crippen molar-refractivity contribution in [2.24, 2.45) is 0 Å². The summed E-state index contributed by atoms with van der Waals surface area (Å²) < 4.78 is 39.3. The molecule has 2 aliphatic heterocycles. The van der Waals surface area contributed by atoms with Gasteiger partial charge in [-0.15, -0.1) is 0 Å². The highest BCUT2D eigenvalue weighted by Crippen LogP contribution is 2.31. The zero-order valence-corrected chi connectivity index (χ0v) is 18.5. The van der Waals surface area contributed by atoms with Crippen LogP contribution in [-0.4, -0.2) is 44.9 Å². The van der Waals surface area contributed by atoms with E-state index in [4.69, 9.17) is 9.47 Å². The van der Waals surface area contributed by atoms with E-state index >= 15 is 0 Å². The average molecular weight is 445 g/mol. The monoisotopic (exact) mass is 444 g/mol. The van der Waals surface area contributed by atoms with E-state index in [1.54, 1.807) is 47.6 Å². The highest BCUT2D eigenvalue weighted by atomic mass is 32.2. The molecule has 1 N–H and O–H groups in total. The van der Waals surface area contributed by atoms with Crippen LogP contribution in [-0.2, 0) is 10.0 Å². The molecule has 4 rings (SSSR count). The fourth-order valence-corrected chi connectivity index (χ4v) is 5.65. The van der Waals surface area contributed by atoms with Crippen molar-refractivity contribution < 1.29 is 22.7 Å². The number of hydrogen-bond donors (Lipinski definition) is 1. The minimum atomic E-state index is -3.61. The van der Waals surface area contributed by atoms with Crippen LogP contribution >= 0.6 is 0 Å². The maximum atomic E-state index is 13.2. The van der Waals surface area contributed by atoms with Crippen molar-refractivity contribution in [3.63, 3.8) is 0 Å². The van der Waals surface area contributed by atoms with Gasteiger partial charge in [0, 0.05) is 30.8 Å². The van der Waals surface area contributed by atoms with Gasteiger partial charge < -0.3 is 14.8 Å². The van der Waals surface area contributed by atoms with E-state index in [0.29, 0.717) is 54.6 Å². The molecule has 2 aromatic carbocycles. The normalized spacial score (nSPS) is 17.5. The van der Waals surface area contributed by atoms with Gasteiger partial charge in [0.2, 0.25) is 10.0 Å². The molecule has 0 saturated carbocycles. The van der Waals surface area contributed by atoms with E-state index in [1.807, 2.05) is 0 Å². The first-order valence-corrected chi connectivity index (χ1v) is 12.2. The van der Waals surface area contributed by atoms with Crippen molar-refractivity contribution >= 4 is 21.6 Å². The highest BCUT2D eigenvalue weighted by molar-refractivity contribution is 7.89. The Morgan fingerprint density at radius 3 is 2.35 bits per heavy atom.